The van der Waals surface area contributed by atoms with E-state index in [-0.39, 0.29) is 0 Å². The van der Waals surface area contributed by atoms with Crippen LogP contribution in [0.2, 0.25) is 0 Å². The third-order valence-corrected chi connectivity index (χ3v) is 5.86. The maximum Gasteiger partial charge on any atom is 0.325 e. The molecule has 1 atom stereocenters. The standard InChI is InChI=1S/C15H22BrNO4S/c1-15(2,3)21-14(18)13-5-4-10-17(13)22(19,20)12-8-6-11(16)7-9-12/h6-9,13,19-20H,4-5,10H2,1-3H3/t13-/m0/s1. The number of nitrogens with zero attached hydrogens (tertiary/aromatic N) is 1. The molecule has 2 N–H and O–H groups in total. The van der Waals surface area contributed by atoms with Crippen molar-refractivity contribution in [1.82, 2.24) is 4.31 Å². The average Bonchev–Trinajstić information content (AvgIpc) is 2.87. The molecule has 1 fully saturated rings. The Morgan fingerprint density at radius 2 is 1.91 bits per heavy atom. The average molecular weight is 392 g/mol. The molecule has 1 aromatic carbocycles. The first-order chi connectivity index (χ1) is 10.1. The number of rotatable bonds is 3. The quantitative estimate of drug-likeness (QED) is 0.752. The molecule has 1 aliphatic heterocycles. The molecule has 0 aromatic heterocycles. The van der Waals surface area contributed by atoms with Crippen LogP contribution in [0.1, 0.15) is 33.6 Å². The highest BCUT2D eigenvalue weighted by Gasteiger charge is 2.41. The lowest BCUT2D eigenvalue weighted by Gasteiger charge is -2.43. The molecule has 0 bridgehead atoms. The summed E-state index contributed by atoms with van der Waals surface area (Å²) in [6.07, 6.45) is 1.30. The molecule has 124 valence electrons. The van der Waals surface area contributed by atoms with E-state index in [1.807, 2.05) is 0 Å². The van der Waals surface area contributed by atoms with Crippen LogP contribution in [-0.4, -0.2) is 37.6 Å². The molecular weight excluding hydrogens is 370 g/mol. The van der Waals surface area contributed by atoms with Gasteiger partial charge in [0.1, 0.15) is 11.6 Å². The van der Waals surface area contributed by atoms with Gasteiger partial charge in [-0.05, 0) is 57.9 Å². The van der Waals surface area contributed by atoms with Crippen LogP contribution in [0.25, 0.3) is 0 Å². The van der Waals surface area contributed by atoms with Gasteiger partial charge in [-0.15, -0.1) is 10.8 Å². The summed E-state index contributed by atoms with van der Waals surface area (Å²) < 4.78 is 29.0. The number of hydrogen-bond acceptors (Lipinski definition) is 5. The van der Waals surface area contributed by atoms with Crippen molar-refractivity contribution in [2.75, 3.05) is 6.54 Å². The Morgan fingerprint density at radius 1 is 1.32 bits per heavy atom. The number of carbonyl (C=O) groups excluding carboxylic acids is 1. The van der Waals surface area contributed by atoms with Crippen LogP contribution in [0, 0.1) is 0 Å². The van der Waals surface area contributed by atoms with E-state index in [2.05, 4.69) is 15.9 Å². The van der Waals surface area contributed by atoms with Crippen molar-refractivity contribution in [3.8, 4) is 0 Å². The van der Waals surface area contributed by atoms with E-state index in [0.29, 0.717) is 17.9 Å². The van der Waals surface area contributed by atoms with E-state index in [1.54, 1.807) is 45.0 Å². The fraction of sp³-hybridized carbons (Fsp3) is 0.533. The predicted octanol–water partition coefficient (Wildman–Crippen LogP) is 4.28. The smallest absolute Gasteiger partial charge is 0.325 e. The molecule has 0 aliphatic carbocycles. The van der Waals surface area contributed by atoms with Gasteiger partial charge in [0.15, 0.2) is 0 Å². The van der Waals surface area contributed by atoms with Crippen molar-refractivity contribution < 1.29 is 18.6 Å². The highest BCUT2D eigenvalue weighted by molar-refractivity contribution is 9.10. The lowest BCUT2D eigenvalue weighted by atomic mass is 10.2. The minimum absolute atomic E-state index is 0.401. The molecule has 0 saturated carbocycles. The van der Waals surface area contributed by atoms with Gasteiger partial charge in [0.25, 0.3) is 0 Å². The van der Waals surface area contributed by atoms with E-state index < -0.39 is 28.4 Å². The monoisotopic (exact) mass is 391 g/mol. The molecule has 7 heteroatoms. The maximum atomic E-state index is 12.3. The lowest BCUT2D eigenvalue weighted by molar-refractivity contribution is -0.158. The Bertz CT molecular complexity index is 541. The zero-order valence-corrected chi connectivity index (χ0v) is 15.4. The van der Waals surface area contributed by atoms with Crippen molar-refractivity contribution in [1.29, 1.82) is 0 Å². The SMILES string of the molecule is CC(C)(C)OC(=O)[C@@H]1CCCN1S(O)(O)c1ccc(Br)cc1. The third kappa shape index (κ3) is 4.02. The fourth-order valence-corrected chi connectivity index (χ4v) is 4.37. The molecule has 0 spiro atoms. The van der Waals surface area contributed by atoms with Crippen LogP contribution in [0.3, 0.4) is 0 Å². The van der Waals surface area contributed by atoms with Gasteiger partial charge in [0.05, 0.1) is 4.90 Å². The van der Waals surface area contributed by atoms with Gasteiger partial charge >= 0.3 is 5.97 Å². The van der Waals surface area contributed by atoms with Crippen LogP contribution < -0.4 is 0 Å². The molecule has 22 heavy (non-hydrogen) atoms. The number of hydrogen-bond donors (Lipinski definition) is 2. The first-order valence-electron chi connectivity index (χ1n) is 7.15. The number of esters is 1. The predicted molar refractivity (Wildman–Crippen MR) is 90.8 cm³/mol. The number of halogens is 1. The van der Waals surface area contributed by atoms with E-state index >= 15 is 0 Å². The van der Waals surface area contributed by atoms with Gasteiger partial charge in [-0.3, -0.25) is 13.9 Å². The first-order valence-corrected chi connectivity index (χ1v) is 9.44. The minimum atomic E-state index is -3.19. The molecular formula is C15H22BrNO4S. The zero-order chi connectivity index (χ0) is 16.5. The van der Waals surface area contributed by atoms with E-state index in [1.165, 1.54) is 4.31 Å². The number of carbonyl (C=O) groups is 1. The van der Waals surface area contributed by atoms with E-state index in [9.17, 15) is 13.9 Å². The molecule has 0 amide bonds. The van der Waals surface area contributed by atoms with Crippen molar-refractivity contribution in [2.45, 2.75) is 50.2 Å². The van der Waals surface area contributed by atoms with Crippen molar-refractivity contribution in [2.24, 2.45) is 0 Å². The van der Waals surface area contributed by atoms with Gasteiger partial charge < -0.3 is 4.74 Å². The first kappa shape index (κ1) is 17.7. The summed E-state index contributed by atoms with van der Waals surface area (Å²) in [5.41, 5.74) is -0.591. The maximum absolute atomic E-state index is 12.3. The molecule has 1 heterocycles. The number of ether oxygens (including phenoxy) is 1. The molecule has 0 unspecified atom stereocenters. The summed E-state index contributed by atoms with van der Waals surface area (Å²) in [7, 11) is -3.19. The summed E-state index contributed by atoms with van der Waals surface area (Å²) in [5, 5.41) is 0. The van der Waals surface area contributed by atoms with Crippen molar-refractivity contribution in [3.63, 3.8) is 0 Å². The summed E-state index contributed by atoms with van der Waals surface area (Å²) in [4.78, 5) is 12.7. The number of benzene rings is 1. The van der Waals surface area contributed by atoms with E-state index in [0.717, 1.165) is 10.9 Å². The fourth-order valence-electron chi connectivity index (χ4n) is 2.40. The second kappa shape index (κ2) is 6.49. The Labute approximate surface area is 141 Å². The normalized spacial score (nSPS) is 20.9. The molecule has 1 saturated heterocycles. The van der Waals surface area contributed by atoms with Gasteiger partial charge in [0, 0.05) is 11.0 Å². The largest absolute Gasteiger partial charge is 0.459 e. The van der Waals surface area contributed by atoms with E-state index in [4.69, 9.17) is 4.74 Å². The van der Waals surface area contributed by atoms with Crippen LogP contribution >= 0.6 is 26.7 Å². The molecule has 0 radical (unpaired) electrons. The molecule has 1 aromatic rings. The molecule has 1 aliphatic rings. The lowest BCUT2D eigenvalue weighted by Crippen LogP contribution is -2.41. The van der Waals surface area contributed by atoms with Crippen molar-refractivity contribution >= 4 is 32.7 Å². The van der Waals surface area contributed by atoms with Crippen LogP contribution in [0.4, 0.5) is 0 Å². The van der Waals surface area contributed by atoms with Crippen LogP contribution in [-0.2, 0) is 9.53 Å². The molecule has 5 nitrogen and oxygen atoms in total. The van der Waals surface area contributed by atoms with Crippen molar-refractivity contribution in [3.05, 3.63) is 28.7 Å². The third-order valence-electron chi connectivity index (χ3n) is 3.34. The summed E-state index contributed by atoms with van der Waals surface area (Å²) in [6, 6.07) is 6.20. The van der Waals surface area contributed by atoms with Gasteiger partial charge in [-0.1, -0.05) is 15.9 Å². The topological polar surface area (TPSA) is 70.0 Å². The van der Waals surface area contributed by atoms with Gasteiger partial charge in [-0.2, -0.15) is 4.31 Å². The Balaban J connectivity index is 2.22. The summed E-state index contributed by atoms with van der Waals surface area (Å²) in [5.74, 6) is -0.401. The Kier molecular flexibility index (Phi) is 5.23. The second-order valence-corrected chi connectivity index (χ2v) is 9.20. The van der Waals surface area contributed by atoms with Gasteiger partial charge in [0.2, 0.25) is 0 Å². The Morgan fingerprint density at radius 3 is 2.45 bits per heavy atom. The van der Waals surface area contributed by atoms with Gasteiger partial charge in [-0.25, -0.2) is 0 Å². The highest BCUT2D eigenvalue weighted by Crippen LogP contribution is 2.55. The highest BCUT2D eigenvalue weighted by atomic mass is 79.9. The molecule has 2 rings (SSSR count). The van der Waals surface area contributed by atoms with Crippen LogP contribution in [0.5, 0.6) is 0 Å². The Hall–Kier alpha value is -0.600. The zero-order valence-electron chi connectivity index (χ0n) is 13.0. The summed E-state index contributed by atoms with van der Waals surface area (Å²) >= 11 is 3.32. The van der Waals surface area contributed by atoms with Crippen LogP contribution in [0.15, 0.2) is 33.6 Å². The summed E-state index contributed by atoms with van der Waals surface area (Å²) in [6.45, 7) is 5.87. The minimum Gasteiger partial charge on any atom is -0.459 e. The second-order valence-electron chi connectivity index (χ2n) is 6.30.